The molecule has 0 atom stereocenters. The van der Waals surface area contributed by atoms with Crippen LogP contribution in [0.4, 0.5) is 24.5 Å². The number of phenols is 1. The van der Waals surface area contributed by atoms with Gasteiger partial charge in [0.15, 0.2) is 9.84 Å². The number of benzene rings is 3. The second-order valence-corrected chi connectivity index (χ2v) is 12.4. The van der Waals surface area contributed by atoms with Crippen LogP contribution in [0.1, 0.15) is 21.5 Å². The Labute approximate surface area is 211 Å². The summed E-state index contributed by atoms with van der Waals surface area (Å²) < 4.78 is 89.5. The maximum atomic E-state index is 13.2. The fourth-order valence-electron chi connectivity index (χ4n) is 4.12. The van der Waals surface area contributed by atoms with Crippen LogP contribution in [0.3, 0.4) is 0 Å². The number of sulfonamides is 1. The van der Waals surface area contributed by atoms with E-state index in [4.69, 9.17) is 0 Å². The van der Waals surface area contributed by atoms with Gasteiger partial charge in [0.25, 0.3) is 5.91 Å². The minimum atomic E-state index is -4.71. The van der Waals surface area contributed by atoms with E-state index in [9.17, 15) is 39.9 Å². The van der Waals surface area contributed by atoms with E-state index in [2.05, 4.69) is 4.72 Å². The molecule has 0 unspecified atom stereocenters. The number of aromatic hydroxyl groups is 1. The van der Waals surface area contributed by atoms with Gasteiger partial charge in [-0.25, -0.2) is 16.8 Å². The summed E-state index contributed by atoms with van der Waals surface area (Å²) in [6, 6.07) is 11.1. The Bertz CT molecular complexity index is 1630. The quantitative estimate of drug-likeness (QED) is 0.459. The number of sulfone groups is 1. The third kappa shape index (κ3) is 5.57. The fourth-order valence-corrected chi connectivity index (χ4v) is 5.61. The molecule has 3 aromatic rings. The van der Waals surface area contributed by atoms with E-state index in [0.717, 1.165) is 24.6 Å². The molecule has 37 heavy (non-hydrogen) atoms. The molecule has 0 aliphatic carbocycles. The van der Waals surface area contributed by atoms with Crippen molar-refractivity contribution < 1.29 is 39.9 Å². The number of carbonyl (C=O) groups excluding carboxylic acids is 1. The number of rotatable bonds is 5. The zero-order valence-corrected chi connectivity index (χ0v) is 21.1. The van der Waals surface area contributed by atoms with Crippen LogP contribution in [0, 0.1) is 0 Å². The van der Waals surface area contributed by atoms with E-state index in [1.54, 1.807) is 6.07 Å². The summed E-state index contributed by atoms with van der Waals surface area (Å²) in [5.41, 5.74) is 0.468. The molecule has 1 heterocycles. The molecule has 0 fully saturated rings. The first-order valence-electron chi connectivity index (χ1n) is 10.7. The predicted octanol–water partition coefficient (Wildman–Crippen LogP) is 4.06. The largest absolute Gasteiger partial charge is 0.506 e. The van der Waals surface area contributed by atoms with Crippen LogP contribution >= 0.6 is 0 Å². The number of nitrogens with one attached hydrogen (secondary N) is 1. The summed E-state index contributed by atoms with van der Waals surface area (Å²) in [6.45, 7) is 0.185. The molecule has 0 saturated heterocycles. The number of fused-ring (bicyclic) bond motifs is 1. The van der Waals surface area contributed by atoms with Crippen LogP contribution in [-0.4, -0.2) is 46.9 Å². The Hall–Kier alpha value is -3.58. The second-order valence-electron chi connectivity index (χ2n) is 8.64. The average molecular weight is 555 g/mol. The number of hydrogen-bond acceptors (Lipinski definition) is 6. The van der Waals surface area contributed by atoms with Gasteiger partial charge in [-0.05, 0) is 53.9 Å². The molecule has 1 aliphatic rings. The van der Waals surface area contributed by atoms with Crippen LogP contribution in [-0.2, 0) is 32.5 Å². The lowest BCUT2D eigenvalue weighted by Crippen LogP contribution is -2.37. The van der Waals surface area contributed by atoms with E-state index >= 15 is 0 Å². The first-order chi connectivity index (χ1) is 17.0. The van der Waals surface area contributed by atoms with Crippen molar-refractivity contribution in [3.05, 3.63) is 71.3 Å². The summed E-state index contributed by atoms with van der Waals surface area (Å²) >= 11 is 0. The molecule has 0 aromatic heterocycles. The summed E-state index contributed by atoms with van der Waals surface area (Å²) in [6.07, 6.45) is -2.63. The molecule has 196 valence electrons. The third-order valence-corrected chi connectivity index (χ3v) is 7.52. The van der Waals surface area contributed by atoms with Crippen molar-refractivity contribution >= 4 is 37.1 Å². The Morgan fingerprint density at radius 1 is 0.919 bits per heavy atom. The summed E-state index contributed by atoms with van der Waals surface area (Å²) in [5, 5.41) is 9.96. The molecule has 8 nitrogen and oxygen atoms in total. The Kier molecular flexibility index (Phi) is 6.49. The Morgan fingerprint density at radius 3 is 2.22 bits per heavy atom. The molecular formula is C24H21F3N2O6S2. The summed E-state index contributed by atoms with van der Waals surface area (Å²) in [4.78, 5) is 14.2. The maximum absolute atomic E-state index is 13.2. The third-order valence-electron chi connectivity index (χ3n) is 5.79. The monoisotopic (exact) mass is 554 g/mol. The number of nitrogens with zero attached hydrogens (tertiary/aromatic N) is 1. The molecule has 3 aromatic carbocycles. The van der Waals surface area contributed by atoms with Gasteiger partial charge in [0.05, 0.1) is 22.4 Å². The van der Waals surface area contributed by atoms with E-state index in [1.165, 1.54) is 35.2 Å². The number of carbonyl (C=O) groups is 1. The van der Waals surface area contributed by atoms with Crippen LogP contribution < -0.4 is 9.62 Å². The van der Waals surface area contributed by atoms with E-state index in [1.807, 2.05) is 0 Å². The van der Waals surface area contributed by atoms with Crippen LogP contribution in [0.2, 0.25) is 0 Å². The number of hydrogen-bond donors (Lipinski definition) is 2. The number of phenolic OH excluding ortho intramolecular Hbond substituents is 1. The SMILES string of the molecule is CS(=O)(=O)Nc1cc(N2CCc3cc(-c4ccc(C(F)(F)F)cc4S(C)(=O)=O)ccc3C2=O)ccc1O. The molecule has 0 spiro atoms. The van der Waals surface area contributed by atoms with E-state index in [-0.39, 0.29) is 23.5 Å². The molecule has 4 rings (SSSR count). The van der Waals surface area contributed by atoms with Crippen molar-refractivity contribution in [2.24, 2.45) is 0 Å². The zero-order chi connectivity index (χ0) is 27.3. The van der Waals surface area contributed by atoms with Gasteiger partial charge < -0.3 is 10.0 Å². The molecule has 0 bridgehead atoms. The Balaban J connectivity index is 1.71. The van der Waals surface area contributed by atoms with Gasteiger partial charge in [0, 0.05) is 29.6 Å². The maximum Gasteiger partial charge on any atom is 0.416 e. The molecule has 13 heteroatoms. The van der Waals surface area contributed by atoms with Gasteiger partial charge in [0.2, 0.25) is 10.0 Å². The highest BCUT2D eigenvalue weighted by Crippen LogP contribution is 2.37. The first kappa shape index (κ1) is 26.5. The zero-order valence-electron chi connectivity index (χ0n) is 19.5. The summed E-state index contributed by atoms with van der Waals surface area (Å²) in [5.74, 6) is -0.735. The van der Waals surface area contributed by atoms with Gasteiger partial charge in [-0.2, -0.15) is 13.2 Å². The molecular weight excluding hydrogens is 533 g/mol. The van der Waals surface area contributed by atoms with Crippen molar-refractivity contribution in [3.63, 3.8) is 0 Å². The van der Waals surface area contributed by atoms with Crippen molar-refractivity contribution in [1.29, 1.82) is 0 Å². The number of alkyl halides is 3. The highest BCUT2D eigenvalue weighted by atomic mass is 32.2. The lowest BCUT2D eigenvalue weighted by atomic mass is 9.93. The molecule has 0 saturated carbocycles. The fraction of sp³-hybridized carbons (Fsp3) is 0.208. The van der Waals surface area contributed by atoms with Crippen molar-refractivity contribution in [1.82, 2.24) is 0 Å². The smallest absolute Gasteiger partial charge is 0.416 e. The number of halogens is 3. The first-order valence-corrected chi connectivity index (χ1v) is 14.5. The van der Waals surface area contributed by atoms with Gasteiger partial charge in [-0.1, -0.05) is 18.2 Å². The summed E-state index contributed by atoms with van der Waals surface area (Å²) in [7, 11) is -7.69. The molecule has 1 amide bonds. The highest BCUT2D eigenvalue weighted by molar-refractivity contribution is 7.92. The normalized spacial score (nSPS) is 14.4. The number of anilines is 2. The van der Waals surface area contributed by atoms with E-state index < -0.39 is 42.4 Å². The van der Waals surface area contributed by atoms with E-state index in [0.29, 0.717) is 34.9 Å². The minimum absolute atomic E-state index is 0.0863. The minimum Gasteiger partial charge on any atom is -0.506 e. The van der Waals surface area contributed by atoms with Gasteiger partial charge in [0.1, 0.15) is 5.75 Å². The highest BCUT2D eigenvalue weighted by Gasteiger charge is 2.33. The molecule has 1 aliphatic heterocycles. The molecule has 2 N–H and O–H groups in total. The second kappa shape index (κ2) is 9.06. The average Bonchev–Trinajstić information content (AvgIpc) is 2.78. The van der Waals surface area contributed by atoms with Crippen LogP contribution in [0.25, 0.3) is 11.1 Å². The van der Waals surface area contributed by atoms with Gasteiger partial charge in [-0.3, -0.25) is 9.52 Å². The Morgan fingerprint density at radius 2 is 1.59 bits per heavy atom. The van der Waals surface area contributed by atoms with Crippen molar-refractivity contribution in [2.75, 3.05) is 28.7 Å². The molecule has 0 radical (unpaired) electrons. The van der Waals surface area contributed by atoms with Gasteiger partial charge >= 0.3 is 6.18 Å². The topological polar surface area (TPSA) is 121 Å². The lowest BCUT2D eigenvalue weighted by Gasteiger charge is -2.29. The van der Waals surface area contributed by atoms with Crippen LogP contribution in [0.5, 0.6) is 5.75 Å². The lowest BCUT2D eigenvalue weighted by molar-refractivity contribution is -0.137. The predicted molar refractivity (Wildman–Crippen MR) is 132 cm³/mol. The van der Waals surface area contributed by atoms with Crippen molar-refractivity contribution in [2.45, 2.75) is 17.5 Å². The standard InChI is InChI=1S/C24H21F3N2O6S2/c1-36(32,33)22-12-16(24(25,26)27)4-7-18(22)14-3-6-19-15(11-14)9-10-29(23(19)31)17-5-8-21(30)20(13-17)28-37(2,34)35/h3-8,11-13,28,30H,9-10H2,1-2H3. The van der Waals surface area contributed by atoms with Gasteiger partial charge in [-0.15, -0.1) is 0 Å². The van der Waals surface area contributed by atoms with Crippen LogP contribution in [0.15, 0.2) is 59.5 Å². The van der Waals surface area contributed by atoms with Crippen molar-refractivity contribution in [3.8, 4) is 16.9 Å². The number of amides is 1.